The van der Waals surface area contributed by atoms with Crippen LogP contribution in [0.2, 0.25) is 0 Å². The van der Waals surface area contributed by atoms with Crippen LogP contribution in [0.5, 0.6) is 6.01 Å². The van der Waals surface area contributed by atoms with E-state index in [0.717, 1.165) is 25.7 Å². The maximum atomic E-state index is 12.4. The van der Waals surface area contributed by atoms with Gasteiger partial charge in [-0.3, -0.25) is 14.3 Å². The highest BCUT2D eigenvalue weighted by Gasteiger charge is 2.28. The molecule has 0 radical (unpaired) electrons. The van der Waals surface area contributed by atoms with Crippen molar-refractivity contribution in [2.24, 2.45) is 0 Å². The molecule has 0 aromatic carbocycles. The number of aromatic amines is 1. The molecule has 1 aliphatic heterocycles. The molecule has 0 saturated carbocycles. The molecule has 10 nitrogen and oxygen atoms in total. The number of nitrogens with one attached hydrogen (secondary N) is 1. The van der Waals surface area contributed by atoms with Crippen molar-refractivity contribution in [1.82, 2.24) is 24.4 Å². The lowest BCUT2D eigenvalue weighted by Crippen LogP contribution is -2.46. The van der Waals surface area contributed by atoms with Gasteiger partial charge < -0.3 is 20.6 Å². The first-order valence-corrected chi connectivity index (χ1v) is 9.37. The van der Waals surface area contributed by atoms with E-state index in [-0.39, 0.29) is 17.5 Å². The Balaban J connectivity index is 1.81. The zero-order valence-corrected chi connectivity index (χ0v) is 15.5. The number of anilines is 1. The van der Waals surface area contributed by atoms with E-state index in [0.29, 0.717) is 43.8 Å². The Kier molecular flexibility index (Phi) is 5.94. The van der Waals surface area contributed by atoms with Gasteiger partial charge in [0.15, 0.2) is 11.5 Å². The number of carboxylic acid groups (broad SMARTS) is 1. The molecule has 1 unspecified atom stereocenters. The van der Waals surface area contributed by atoms with E-state index in [1.54, 1.807) is 0 Å². The van der Waals surface area contributed by atoms with E-state index in [1.807, 2.05) is 4.90 Å². The van der Waals surface area contributed by atoms with Crippen LogP contribution in [0.1, 0.15) is 39.0 Å². The van der Waals surface area contributed by atoms with E-state index >= 15 is 0 Å². The smallest absolute Gasteiger partial charge is 0.327 e. The Morgan fingerprint density at radius 3 is 2.93 bits per heavy atom. The van der Waals surface area contributed by atoms with Crippen molar-refractivity contribution in [3.8, 4) is 6.01 Å². The number of likely N-dealkylation sites (tertiary alicyclic amines) is 1. The van der Waals surface area contributed by atoms with Gasteiger partial charge in [0, 0.05) is 13.1 Å². The number of nitrogen functional groups attached to an aromatic ring is 1. The quantitative estimate of drug-likeness (QED) is 0.574. The van der Waals surface area contributed by atoms with Crippen LogP contribution in [0.25, 0.3) is 11.2 Å². The summed E-state index contributed by atoms with van der Waals surface area (Å²) in [5, 5.41) is 9.40. The van der Waals surface area contributed by atoms with Crippen molar-refractivity contribution < 1.29 is 14.6 Å². The summed E-state index contributed by atoms with van der Waals surface area (Å²) in [7, 11) is 0. The Hall–Kier alpha value is -2.62. The van der Waals surface area contributed by atoms with Crippen LogP contribution in [0.15, 0.2) is 4.79 Å². The van der Waals surface area contributed by atoms with Crippen LogP contribution >= 0.6 is 0 Å². The molecular formula is C17H26N6O4. The number of carboxylic acids is 1. The average Bonchev–Trinajstić information content (AvgIpc) is 2.96. The Labute approximate surface area is 156 Å². The van der Waals surface area contributed by atoms with Gasteiger partial charge in [-0.1, -0.05) is 19.8 Å². The summed E-state index contributed by atoms with van der Waals surface area (Å²) in [4.78, 5) is 36.8. The number of rotatable bonds is 8. The van der Waals surface area contributed by atoms with E-state index in [9.17, 15) is 14.7 Å². The molecule has 148 valence electrons. The fourth-order valence-electron chi connectivity index (χ4n) is 3.38. The predicted octanol–water partition coefficient (Wildman–Crippen LogP) is 0.820. The van der Waals surface area contributed by atoms with Crippen LogP contribution in [0, 0.1) is 0 Å². The van der Waals surface area contributed by atoms with E-state index in [4.69, 9.17) is 10.5 Å². The second-order valence-electron chi connectivity index (χ2n) is 6.76. The molecule has 1 saturated heterocycles. The number of piperidine rings is 1. The number of aliphatic carboxylic acids is 1. The van der Waals surface area contributed by atoms with Gasteiger partial charge in [0.05, 0.1) is 6.61 Å². The van der Waals surface area contributed by atoms with Crippen LogP contribution in [0.3, 0.4) is 0 Å². The topological polar surface area (TPSA) is 139 Å². The molecule has 1 fully saturated rings. The Morgan fingerprint density at radius 1 is 1.37 bits per heavy atom. The van der Waals surface area contributed by atoms with Crippen molar-refractivity contribution >= 4 is 23.0 Å². The normalized spacial score (nSPS) is 18.0. The van der Waals surface area contributed by atoms with Crippen molar-refractivity contribution in [2.75, 3.05) is 25.4 Å². The largest absolute Gasteiger partial charge is 0.480 e. The highest BCUT2D eigenvalue weighted by molar-refractivity contribution is 5.81. The van der Waals surface area contributed by atoms with Crippen molar-refractivity contribution in [2.45, 2.75) is 51.6 Å². The van der Waals surface area contributed by atoms with Crippen molar-refractivity contribution in [3.63, 3.8) is 0 Å². The van der Waals surface area contributed by atoms with Gasteiger partial charge in [0.2, 0.25) is 0 Å². The van der Waals surface area contributed by atoms with Crippen LogP contribution in [0.4, 0.5) is 5.82 Å². The summed E-state index contributed by atoms with van der Waals surface area (Å²) in [5.74, 6) is -0.664. The third-order valence-electron chi connectivity index (χ3n) is 4.87. The SMILES string of the molecule is CCCCOc1nc(N)c2[nH]c(=O)n(CCN3CCCCC3C(=O)O)c2n1. The zero-order chi connectivity index (χ0) is 19.4. The number of aromatic nitrogens is 4. The standard InChI is InChI=1S/C17H26N6O4/c1-2-3-10-27-16-20-13(18)12-14(21-16)23(17(26)19-12)9-8-22-7-5-4-6-11(22)15(24)25/h11H,2-10H2,1H3,(H,19,26)(H,24,25)(H2,18,20,21). The van der Waals surface area contributed by atoms with Gasteiger partial charge in [-0.05, 0) is 25.8 Å². The molecule has 3 rings (SSSR count). The maximum absolute atomic E-state index is 12.4. The number of H-pyrrole nitrogens is 1. The van der Waals surface area contributed by atoms with Crippen LogP contribution in [-0.4, -0.2) is 61.2 Å². The molecule has 0 aliphatic carbocycles. The van der Waals surface area contributed by atoms with Gasteiger partial charge in [-0.25, -0.2) is 4.79 Å². The fraction of sp³-hybridized carbons (Fsp3) is 0.647. The first-order valence-electron chi connectivity index (χ1n) is 9.37. The highest BCUT2D eigenvalue weighted by Crippen LogP contribution is 2.20. The first-order chi connectivity index (χ1) is 13.0. The minimum absolute atomic E-state index is 0.141. The van der Waals surface area contributed by atoms with Crippen LogP contribution in [-0.2, 0) is 11.3 Å². The number of ether oxygens (including phenoxy) is 1. The second kappa shape index (κ2) is 8.38. The molecule has 10 heteroatoms. The number of nitrogens with zero attached hydrogens (tertiary/aromatic N) is 4. The lowest BCUT2D eigenvalue weighted by Gasteiger charge is -2.32. The molecule has 2 aromatic rings. The molecular weight excluding hydrogens is 352 g/mol. The van der Waals surface area contributed by atoms with E-state index in [1.165, 1.54) is 4.57 Å². The zero-order valence-electron chi connectivity index (χ0n) is 15.5. The molecule has 4 N–H and O–H groups in total. The molecule has 3 heterocycles. The second-order valence-corrected chi connectivity index (χ2v) is 6.76. The fourth-order valence-corrected chi connectivity index (χ4v) is 3.38. The van der Waals surface area contributed by atoms with Crippen LogP contribution < -0.4 is 16.2 Å². The monoisotopic (exact) mass is 378 g/mol. The summed E-state index contributed by atoms with van der Waals surface area (Å²) in [5.41, 5.74) is 6.34. The van der Waals surface area contributed by atoms with Gasteiger partial charge >= 0.3 is 17.7 Å². The van der Waals surface area contributed by atoms with Gasteiger partial charge in [0.25, 0.3) is 0 Å². The predicted molar refractivity (Wildman–Crippen MR) is 99.8 cm³/mol. The molecule has 2 aromatic heterocycles. The third kappa shape index (κ3) is 4.21. The van der Waals surface area contributed by atoms with E-state index in [2.05, 4.69) is 21.9 Å². The van der Waals surface area contributed by atoms with Crippen molar-refractivity contribution in [3.05, 3.63) is 10.5 Å². The first kappa shape index (κ1) is 19.2. The van der Waals surface area contributed by atoms with Gasteiger partial charge in [-0.2, -0.15) is 9.97 Å². The van der Waals surface area contributed by atoms with Gasteiger partial charge in [0.1, 0.15) is 11.6 Å². The minimum Gasteiger partial charge on any atom is -0.480 e. The van der Waals surface area contributed by atoms with Crippen molar-refractivity contribution in [1.29, 1.82) is 0 Å². The number of imidazole rings is 1. The van der Waals surface area contributed by atoms with Gasteiger partial charge in [-0.15, -0.1) is 0 Å². The Morgan fingerprint density at radius 2 is 2.19 bits per heavy atom. The summed E-state index contributed by atoms with van der Waals surface area (Å²) >= 11 is 0. The molecule has 1 aliphatic rings. The maximum Gasteiger partial charge on any atom is 0.327 e. The number of hydrogen-bond acceptors (Lipinski definition) is 7. The highest BCUT2D eigenvalue weighted by atomic mass is 16.5. The molecule has 0 spiro atoms. The number of carbonyl (C=O) groups is 1. The third-order valence-corrected chi connectivity index (χ3v) is 4.87. The summed E-state index contributed by atoms with van der Waals surface area (Å²) in [6.07, 6.45) is 4.34. The number of unbranched alkanes of at least 4 members (excludes halogenated alkanes) is 1. The number of fused-ring (bicyclic) bond motifs is 1. The molecule has 1 atom stereocenters. The summed E-state index contributed by atoms with van der Waals surface area (Å²) in [6, 6.07) is -0.366. The number of hydrogen-bond donors (Lipinski definition) is 3. The number of nitrogens with two attached hydrogens (primary N) is 1. The minimum atomic E-state index is -0.820. The summed E-state index contributed by atoms with van der Waals surface area (Å²) in [6.45, 7) is 3.99. The molecule has 27 heavy (non-hydrogen) atoms. The summed E-state index contributed by atoms with van der Waals surface area (Å²) < 4.78 is 6.99. The molecule has 0 bridgehead atoms. The average molecular weight is 378 g/mol. The lowest BCUT2D eigenvalue weighted by molar-refractivity contribution is -0.144. The molecule has 0 amide bonds. The lowest BCUT2D eigenvalue weighted by atomic mass is 10.0. The Bertz CT molecular complexity index is 861. The van der Waals surface area contributed by atoms with E-state index < -0.39 is 12.0 Å².